The molecule has 1 aromatic rings. The van der Waals surface area contributed by atoms with Gasteiger partial charge in [-0.2, -0.15) is 0 Å². The first-order chi connectivity index (χ1) is 8.13. The summed E-state index contributed by atoms with van der Waals surface area (Å²) in [5.41, 5.74) is 1.24. The molecule has 17 heavy (non-hydrogen) atoms. The SMILES string of the molecule is COC1(CC(Cl)Cc2cccc(Cl)c2)CCC1. The van der Waals surface area contributed by atoms with Crippen LogP contribution in [0.3, 0.4) is 0 Å². The average Bonchev–Trinajstić information content (AvgIpc) is 2.23. The van der Waals surface area contributed by atoms with Crippen molar-refractivity contribution in [2.24, 2.45) is 0 Å². The molecule has 1 unspecified atom stereocenters. The first-order valence-electron chi connectivity index (χ1n) is 6.07. The van der Waals surface area contributed by atoms with Crippen LogP contribution in [0, 0.1) is 0 Å². The number of rotatable bonds is 5. The summed E-state index contributed by atoms with van der Waals surface area (Å²) in [5, 5.41) is 0.894. The van der Waals surface area contributed by atoms with Crippen molar-refractivity contribution in [3.63, 3.8) is 0 Å². The molecule has 1 saturated carbocycles. The maximum absolute atomic E-state index is 6.42. The summed E-state index contributed by atoms with van der Waals surface area (Å²) in [6.07, 6.45) is 5.32. The number of ether oxygens (including phenoxy) is 1. The molecule has 0 aliphatic heterocycles. The first-order valence-corrected chi connectivity index (χ1v) is 6.89. The molecule has 1 aliphatic carbocycles. The van der Waals surface area contributed by atoms with Gasteiger partial charge in [-0.15, -0.1) is 11.6 Å². The van der Waals surface area contributed by atoms with Crippen molar-refractivity contribution >= 4 is 23.2 Å². The van der Waals surface area contributed by atoms with Crippen molar-refractivity contribution in [1.82, 2.24) is 0 Å². The minimum atomic E-state index is 0.0466. The fraction of sp³-hybridized carbons (Fsp3) is 0.571. The van der Waals surface area contributed by atoms with E-state index in [1.165, 1.54) is 12.0 Å². The molecule has 1 nitrogen and oxygen atoms in total. The minimum absolute atomic E-state index is 0.0466. The molecule has 94 valence electrons. The van der Waals surface area contributed by atoms with Crippen molar-refractivity contribution in [3.05, 3.63) is 34.9 Å². The molecule has 1 aromatic carbocycles. The smallest absolute Gasteiger partial charge is 0.0693 e. The second-order valence-electron chi connectivity index (χ2n) is 4.88. The fourth-order valence-electron chi connectivity index (χ4n) is 2.46. The highest BCUT2D eigenvalue weighted by atomic mass is 35.5. The van der Waals surface area contributed by atoms with E-state index in [4.69, 9.17) is 27.9 Å². The van der Waals surface area contributed by atoms with E-state index in [2.05, 4.69) is 6.07 Å². The Bertz CT molecular complexity index is 369. The Morgan fingerprint density at radius 1 is 1.41 bits per heavy atom. The predicted molar refractivity (Wildman–Crippen MR) is 73.0 cm³/mol. The Labute approximate surface area is 113 Å². The molecule has 0 aromatic heterocycles. The second kappa shape index (κ2) is 5.60. The van der Waals surface area contributed by atoms with E-state index in [1.54, 1.807) is 7.11 Å². The molecule has 0 bridgehead atoms. The van der Waals surface area contributed by atoms with Crippen molar-refractivity contribution in [2.45, 2.75) is 43.1 Å². The summed E-state index contributed by atoms with van der Waals surface area (Å²) in [6.45, 7) is 0. The van der Waals surface area contributed by atoms with E-state index in [-0.39, 0.29) is 11.0 Å². The van der Waals surface area contributed by atoms with Crippen LogP contribution in [0.4, 0.5) is 0 Å². The third-order valence-electron chi connectivity index (χ3n) is 3.64. The monoisotopic (exact) mass is 272 g/mol. The normalized spacial score (nSPS) is 19.7. The number of benzene rings is 1. The maximum Gasteiger partial charge on any atom is 0.0693 e. The van der Waals surface area contributed by atoms with Gasteiger partial charge in [0.25, 0.3) is 0 Å². The van der Waals surface area contributed by atoms with Gasteiger partial charge >= 0.3 is 0 Å². The number of alkyl halides is 1. The third-order valence-corrected chi connectivity index (χ3v) is 4.18. The number of hydrogen-bond acceptors (Lipinski definition) is 1. The van der Waals surface area contributed by atoms with E-state index in [1.807, 2.05) is 18.2 Å². The number of hydrogen-bond donors (Lipinski definition) is 0. The number of halogens is 2. The lowest BCUT2D eigenvalue weighted by Gasteiger charge is -2.41. The van der Waals surface area contributed by atoms with Crippen LogP contribution in [-0.4, -0.2) is 18.1 Å². The van der Waals surface area contributed by atoms with Crippen LogP contribution in [0.15, 0.2) is 24.3 Å². The van der Waals surface area contributed by atoms with Gasteiger partial charge < -0.3 is 4.74 Å². The van der Waals surface area contributed by atoms with E-state index in [0.717, 1.165) is 30.7 Å². The lowest BCUT2D eigenvalue weighted by molar-refractivity contribution is -0.0777. The average molecular weight is 273 g/mol. The quantitative estimate of drug-likeness (QED) is 0.720. The molecule has 0 amide bonds. The summed E-state index contributed by atoms with van der Waals surface area (Å²) in [6, 6.07) is 7.91. The van der Waals surface area contributed by atoms with Gasteiger partial charge in [-0.05, 0) is 49.8 Å². The van der Waals surface area contributed by atoms with Gasteiger partial charge in [0.15, 0.2) is 0 Å². The van der Waals surface area contributed by atoms with Crippen LogP contribution in [0.25, 0.3) is 0 Å². The zero-order valence-electron chi connectivity index (χ0n) is 10.1. The Hall–Kier alpha value is -0.240. The van der Waals surface area contributed by atoms with Gasteiger partial charge in [-0.1, -0.05) is 23.7 Å². The Morgan fingerprint density at radius 3 is 2.71 bits per heavy atom. The summed E-state index contributed by atoms with van der Waals surface area (Å²) in [4.78, 5) is 0. The largest absolute Gasteiger partial charge is 0.378 e. The lowest BCUT2D eigenvalue weighted by atomic mass is 9.76. The van der Waals surface area contributed by atoms with Crippen molar-refractivity contribution in [3.8, 4) is 0 Å². The van der Waals surface area contributed by atoms with Crippen molar-refractivity contribution < 1.29 is 4.74 Å². The molecule has 1 aliphatic rings. The molecule has 0 spiro atoms. The van der Waals surface area contributed by atoms with E-state index in [9.17, 15) is 0 Å². The van der Waals surface area contributed by atoms with Gasteiger partial charge in [0.2, 0.25) is 0 Å². The molecule has 0 heterocycles. The molecular formula is C14H18Cl2O. The zero-order chi connectivity index (χ0) is 12.3. The lowest BCUT2D eigenvalue weighted by Crippen LogP contribution is -2.41. The topological polar surface area (TPSA) is 9.23 Å². The molecule has 1 atom stereocenters. The first kappa shape index (κ1) is 13.2. The van der Waals surface area contributed by atoms with Crippen molar-refractivity contribution in [1.29, 1.82) is 0 Å². The molecule has 0 saturated heterocycles. The minimum Gasteiger partial charge on any atom is -0.378 e. The highest BCUT2D eigenvalue weighted by Crippen LogP contribution is 2.40. The highest BCUT2D eigenvalue weighted by Gasteiger charge is 2.38. The van der Waals surface area contributed by atoms with Gasteiger partial charge in [0.05, 0.1) is 5.60 Å². The summed E-state index contributed by atoms with van der Waals surface area (Å²) in [5.74, 6) is 0. The van der Waals surface area contributed by atoms with Crippen LogP contribution < -0.4 is 0 Å². The van der Waals surface area contributed by atoms with Crippen LogP contribution >= 0.6 is 23.2 Å². The summed E-state index contributed by atoms with van der Waals surface area (Å²) in [7, 11) is 1.79. The highest BCUT2D eigenvalue weighted by molar-refractivity contribution is 6.30. The standard InChI is InChI=1S/C14H18Cl2O/c1-17-14(6-3-7-14)10-13(16)9-11-4-2-5-12(15)8-11/h2,4-5,8,13H,3,6-7,9-10H2,1H3. The van der Waals surface area contributed by atoms with Gasteiger partial charge in [0, 0.05) is 17.5 Å². The second-order valence-corrected chi connectivity index (χ2v) is 5.93. The van der Waals surface area contributed by atoms with Crippen molar-refractivity contribution in [2.75, 3.05) is 7.11 Å². The maximum atomic E-state index is 6.42. The Balaban J connectivity index is 1.90. The van der Waals surface area contributed by atoms with Gasteiger partial charge in [0.1, 0.15) is 0 Å². The molecule has 3 heteroatoms. The molecule has 0 radical (unpaired) electrons. The van der Waals surface area contributed by atoms with E-state index < -0.39 is 0 Å². The fourth-order valence-corrected chi connectivity index (χ4v) is 3.13. The number of methoxy groups -OCH3 is 1. The van der Waals surface area contributed by atoms with Crippen LogP contribution in [0.2, 0.25) is 5.02 Å². The molecule has 2 rings (SSSR count). The van der Waals surface area contributed by atoms with Crippen LogP contribution in [-0.2, 0) is 11.2 Å². The molecular weight excluding hydrogens is 255 g/mol. The zero-order valence-corrected chi connectivity index (χ0v) is 11.6. The molecule has 1 fully saturated rings. The Kier molecular flexibility index (Phi) is 4.35. The third kappa shape index (κ3) is 3.37. The van der Waals surface area contributed by atoms with Gasteiger partial charge in [-0.25, -0.2) is 0 Å². The molecule has 0 N–H and O–H groups in total. The summed E-state index contributed by atoms with van der Waals surface area (Å²) >= 11 is 12.4. The van der Waals surface area contributed by atoms with Crippen LogP contribution in [0.1, 0.15) is 31.2 Å². The van der Waals surface area contributed by atoms with Gasteiger partial charge in [-0.3, -0.25) is 0 Å². The van der Waals surface area contributed by atoms with E-state index >= 15 is 0 Å². The Morgan fingerprint density at radius 2 is 2.18 bits per heavy atom. The predicted octanol–water partition coefficient (Wildman–Crippen LogP) is 4.45. The summed E-state index contributed by atoms with van der Waals surface area (Å²) < 4.78 is 5.60. The van der Waals surface area contributed by atoms with E-state index in [0.29, 0.717) is 0 Å². The van der Waals surface area contributed by atoms with Crippen LogP contribution in [0.5, 0.6) is 0 Å².